The molecule has 1 N–H and O–H groups in total. The highest BCUT2D eigenvalue weighted by molar-refractivity contribution is 5.61. The molecule has 0 bridgehead atoms. The van der Waals surface area contributed by atoms with E-state index in [1.807, 2.05) is 42.1 Å². The van der Waals surface area contributed by atoms with Crippen LogP contribution in [0.25, 0.3) is 0 Å². The van der Waals surface area contributed by atoms with Crippen LogP contribution in [0, 0.1) is 17.0 Å². The van der Waals surface area contributed by atoms with Crippen molar-refractivity contribution in [3.8, 4) is 5.75 Å². The second kappa shape index (κ2) is 6.87. The van der Waals surface area contributed by atoms with Gasteiger partial charge in [-0.3, -0.25) is 10.1 Å². The lowest BCUT2D eigenvalue weighted by molar-refractivity contribution is -0.384. The van der Waals surface area contributed by atoms with Crippen molar-refractivity contribution in [1.82, 2.24) is 19.3 Å². The Bertz CT molecular complexity index is 929. The van der Waals surface area contributed by atoms with Gasteiger partial charge in [0.25, 0.3) is 0 Å². The molecule has 9 heteroatoms. The minimum Gasteiger partial charge on any atom is -0.497 e. The summed E-state index contributed by atoms with van der Waals surface area (Å²) in [6.45, 7) is 1.62. The maximum atomic E-state index is 11.5. The Kier molecular flexibility index (Phi) is 4.61. The van der Waals surface area contributed by atoms with E-state index in [0.717, 1.165) is 17.1 Å². The molecule has 1 atom stereocenters. The Labute approximate surface area is 150 Å². The number of hydrogen-bond acceptors (Lipinski definition) is 6. The number of nitrogens with one attached hydrogen (secondary N) is 1. The third-order valence-corrected chi connectivity index (χ3v) is 4.22. The Morgan fingerprint density at radius 2 is 1.96 bits per heavy atom. The summed E-state index contributed by atoms with van der Waals surface area (Å²) in [6, 6.07) is 7.10. The van der Waals surface area contributed by atoms with E-state index in [1.165, 1.54) is 4.68 Å². The van der Waals surface area contributed by atoms with Crippen molar-refractivity contribution in [1.29, 1.82) is 0 Å². The van der Waals surface area contributed by atoms with E-state index in [-0.39, 0.29) is 5.69 Å². The van der Waals surface area contributed by atoms with Gasteiger partial charge in [-0.15, -0.1) is 0 Å². The lowest BCUT2D eigenvalue weighted by Crippen LogP contribution is -2.19. The summed E-state index contributed by atoms with van der Waals surface area (Å²) < 4.78 is 8.56. The molecule has 0 amide bonds. The zero-order valence-electron chi connectivity index (χ0n) is 15.0. The number of nitrogens with zero attached hydrogens (tertiary/aromatic N) is 5. The average Bonchev–Trinajstić information content (AvgIpc) is 3.15. The van der Waals surface area contributed by atoms with Crippen molar-refractivity contribution in [2.45, 2.75) is 13.0 Å². The van der Waals surface area contributed by atoms with Crippen LogP contribution in [-0.4, -0.2) is 31.4 Å². The molecule has 3 rings (SSSR count). The van der Waals surface area contributed by atoms with Crippen molar-refractivity contribution in [3.63, 3.8) is 0 Å². The smallest absolute Gasteiger partial charge is 0.333 e. The Balaban J connectivity index is 2.08. The third-order valence-electron chi connectivity index (χ3n) is 4.22. The number of anilines is 1. The number of rotatable bonds is 6. The predicted molar refractivity (Wildman–Crippen MR) is 96.3 cm³/mol. The third kappa shape index (κ3) is 3.10. The molecule has 2 aromatic heterocycles. The van der Waals surface area contributed by atoms with Crippen molar-refractivity contribution < 1.29 is 9.66 Å². The van der Waals surface area contributed by atoms with E-state index in [2.05, 4.69) is 15.4 Å². The molecule has 0 spiro atoms. The van der Waals surface area contributed by atoms with Gasteiger partial charge in [-0.25, -0.2) is 9.67 Å². The summed E-state index contributed by atoms with van der Waals surface area (Å²) in [7, 11) is 5.15. The normalized spacial score (nSPS) is 12.0. The number of nitro groups is 1. The van der Waals surface area contributed by atoms with Gasteiger partial charge in [0.1, 0.15) is 23.3 Å². The first-order valence-electron chi connectivity index (χ1n) is 7.98. The van der Waals surface area contributed by atoms with Crippen molar-refractivity contribution in [2.24, 2.45) is 14.1 Å². The number of hydrogen-bond donors (Lipinski definition) is 1. The SMILES string of the molecule is COc1ccc([C@@H](Nc2c([N+](=O)[O-])c(C)nn2C)c2nccn2C)cc1. The average molecular weight is 356 g/mol. The predicted octanol–water partition coefficient (Wildman–Crippen LogP) is 2.58. The molecule has 0 radical (unpaired) electrons. The topological polar surface area (TPSA) is 100 Å². The molecule has 26 heavy (non-hydrogen) atoms. The fourth-order valence-electron chi connectivity index (χ4n) is 2.91. The van der Waals surface area contributed by atoms with Crippen LogP contribution in [0.15, 0.2) is 36.7 Å². The van der Waals surface area contributed by atoms with Crippen LogP contribution in [0.3, 0.4) is 0 Å². The van der Waals surface area contributed by atoms with Gasteiger partial charge in [0, 0.05) is 26.5 Å². The van der Waals surface area contributed by atoms with Crippen LogP contribution in [0.2, 0.25) is 0 Å². The largest absolute Gasteiger partial charge is 0.497 e. The number of methoxy groups -OCH3 is 1. The fourth-order valence-corrected chi connectivity index (χ4v) is 2.91. The quantitative estimate of drug-likeness (QED) is 0.538. The van der Waals surface area contributed by atoms with Gasteiger partial charge in [-0.2, -0.15) is 5.10 Å². The van der Waals surface area contributed by atoms with E-state index < -0.39 is 11.0 Å². The number of imidazole rings is 1. The molecular weight excluding hydrogens is 336 g/mol. The second-order valence-electron chi connectivity index (χ2n) is 5.91. The number of benzene rings is 1. The van der Waals surface area contributed by atoms with E-state index in [1.54, 1.807) is 27.3 Å². The summed E-state index contributed by atoms with van der Waals surface area (Å²) in [5.74, 6) is 1.79. The van der Waals surface area contributed by atoms with E-state index in [4.69, 9.17) is 4.74 Å². The number of aromatic nitrogens is 4. The zero-order valence-corrected chi connectivity index (χ0v) is 15.0. The van der Waals surface area contributed by atoms with Crippen LogP contribution >= 0.6 is 0 Å². The van der Waals surface area contributed by atoms with Crippen molar-refractivity contribution in [2.75, 3.05) is 12.4 Å². The molecule has 0 saturated carbocycles. The maximum absolute atomic E-state index is 11.5. The molecule has 0 aliphatic carbocycles. The molecular formula is C17H20N6O3. The number of ether oxygens (including phenoxy) is 1. The molecule has 136 valence electrons. The van der Waals surface area contributed by atoms with Crippen LogP contribution < -0.4 is 10.1 Å². The summed E-state index contributed by atoms with van der Waals surface area (Å²) in [6.07, 6.45) is 3.52. The Hall–Kier alpha value is -3.36. The molecule has 9 nitrogen and oxygen atoms in total. The van der Waals surface area contributed by atoms with E-state index >= 15 is 0 Å². The maximum Gasteiger partial charge on any atom is 0.333 e. The van der Waals surface area contributed by atoms with E-state index in [9.17, 15) is 10.1 Å². The van der Waals surface area contributed by atoms with E-state index in [0.29, 0.717) is 11.5 Å². The van der Waals surface area contributed by atoms with Crippen LogP contribution in [0.4, 0.5) is 11.5 Å². The van der Waals surface area contributed by atoms with Crippen molar-refractivity contribution >= 4 is 11.5 Å². The molecule has 0 unspecified atom stereocenters. The fraction of sp³-hybridized carbons (Fsp3) is 0.294. The summed E-state index contributed by atoms with van der Waals surface area (Å²) in [4.78, 5) is 15.5. The van der Waals surface area contributed by atoms with Crippen molar-refractivity contribution in [3.05, 3.63) is 63.9 Å². The second-order valence-corrected chi connectivity index (χ2v) is 5.91. The summed E-state index contributed by atoms with van der Waals surface area (Å²) >= 11 is 0. The Morgan fingerprint density at radius 3 is 2.50 bits per heavy atom. The summed E-state index contributed by atoms with van der Waals surface area (Å²) in [5.41, 5.74) is 1.21. The van der Waals surface area contributed by atoms with Crippen LogP contribution in [-0.2, 0) is 14.1 Å². The minimum atomic E-state index is -0.422. The molecule has 2 heterocycles. The highest BCUT2D eigenvalue weighted by Crippen LogP contribution is 2.33. The lowest BCUT2D eigenvalue weighted by Gasteiger charge is -2.20. The molecule has 0 saturated heterocycles. The van der Waals surface area contributed by atoms with Gasteiger partial charge >= 0.3 is 5.69 Å². The monoisotopic (exact) mass is 356 g/mol. The molecule has 0 aliphatic heterocycles. The lowest BCUT2D eigenvalue weighted by atomic mass is 10.1. The summed E-state index contributed by atoms with van der Waals surface area (Å²) in [5, 5.41) is 18.9. The minimum absolute atomic E-state index is 0.0415. The van der Waals surface area contributed by atoms with Gasteiger partial charge in [-0.1, -0.05) is 12.1 Å². The van der Waals surface area contributed by atoms with Gasteiger partial charge in [0.05, 0.1) is 12.0 Å². The van der Waals surface area contributed by atoms with Gasteiger partial charge < -0.3 is 14.6 Å². The Morgan fingerprint density at radius 1 is 1.27 bits per heavy atom. The first-order valence-corrected chi connectivity index (χ1v) is 7.98. The van der Waals surface area contributed by atoms with Gasteiger partial charge in [0.15, 0.2) is 0 Å². The first-order chi connectivity index (χ1) is 12.4. The molecule has 3 aromatic rings. The number of aryl methyl sites for hydroxylation is 3. The first kappa shape index (κ1) is 17.5. The highest BCUT2D eigenvalue weighted by Gasteiger charge is 2.28. The highest BCUT2D eigenvalue weighted by atomic mass is 16.6. The van der Waals surface area contributed by atoms with Gasteiger partial charge in [-0.05, 0) is 24.6 Å². The van der Waals surface area contributed by atoms with Crippen LogP contribution in [0.1, 0.15) is 23.1 Å². The molecule has 1 aromatic carbocycles. The molecule has 0 aliphatic rings. The van der Waals surface area contributed by atoms with Crippen LogP contribution in [0.5, 0.6) is 5.75 Å². The zero-order chi connectivity index (χ0) is 18.8. The van der Waals surface area contributed by atoms with Gasteiger partial charge in [0.2, 0.25) is 5.82 Å². The standard InChI is InChI=1S/C17H20N6O3/c1-11-15(23(24)25)17(22(3)20-11)19-14(16-18-9-10-21(16)2)12-5-7-13(26-4)8-6-12/h5-10,14,19H,1-4H3/t14-/m1/s1. The molecule has 0 fully saturated rings.